The predicted molar refractivity (Wildman–Crippen MR) is 97.3 cm³/mol. The second-order valence-electron chi connectivity index (χ2n) is 5.17. The molecule has 0 amide bonds. The summed E-state index contributed by atoms with van der Waals surface area (Å²) < 4.78 is 4.63. The van der Waals surface area contributed by atoms with E-state index in [0.717, 1.165) is 28.1 Å². The smallest absolute Gasteiger partial charge is 0.322 e. The number of nitrogens with two attached hydrogens (primary N) is 1. The van der Waals surface area contributed by atoms with Crippen molar-refractivity contribution < 1.29 is 9.53 Å². The summed E-state index contributed by atoms with van der Waals surface area (Å²) in [6.45, 7) is 3.97. The van der Waals surface area contributed by atoms with Crippen molar-refractivity contribution in [2.45, 2.75) is 26.3 Å². The number of hydrogen-bond acceptors (Lipinski definition) is 4. The molecule has 0 saturated carbocycles. The van der Waals surface area contributed by atoms with Gasteiger partial charge in [-0.05, 0) is 49.1 Å². The Kier molecular flexibility index (Phi) is 8.83. The van der Waals surface area contributed by atoms with Crippen LogP contribution in [0.25, 0.3) is 11.1 Å². The highest BCUT2D eigenvalue weighted by Crippen LogP contribution is 2.21. The number of benzene rings is 1. The Morgan fingerprint density at radius 2 is 1.61 bits per heavy atom. The molecule has 1 aromatic heterocycles. The first-order chi connectivity index (χ1) is 9.99. The first kappa shape index (κ1) is 21.4. The number of carbonyl (C=O) groups excluding carboxylic acids is 1. The summed E-state index contributed by atoms with van der Waals surface area (Å²) in [7, 11) is 1.35. The molecule has 23 heavy (non-hydrogen) atoms. The van der Waals surface area contributed by atoms with Gasteiger partial charge in [-0.1, -0.05) is 24.3 Å². The number of aryl methyl sites for hydroxylation is 2. The number of pyridine rings is 1. The van der Waals surface area contributed by atoms with Crippen molar-refractivity contribution in [1.29, 1.82) is 0 Å². The van der Waals surface area contributed by atoms with Crippen LogP contribution in [0.4, 0.5) is 0 Å². The Morgan fingerprint density at radius 1 is 1.09 bits per heavy atom. The van der Waals surface area contributed by atoms with Crippen LogP contribution in [-0.2, 0) is 16.0 Å². The number of hydrogen-bond donors (Lipinski definition) is 1. The van der Waals surface area contributed by atoms with E-state index in [1.807, 2.05) is 38.1 Å². The summed E-state index contributed by atoms with van der Waals surface area (Å²) in [5, 5.41) is 0. The lowest BCUT2D eigenvalue weighted by Gasteiger charge is -2.10. The van der Waals surface area contributed by atoms with E-state index in [1.54, 1.807) is 0 Å². The third kappa shape index (κ3) is 5.82. The molecule has 0 aliphatic heterocycles. The first-order valence-corrected chi connectivity index (χ1v) is 6.87. The number of carbonyl (C=O) groups is 1. The number of esters is 1. The average molecular weight is 357 g/mol. The van der Waals surface area contributed by atoms with Crippen LogP contribution in [0.5, 0.6) is 0 Å². The lowest BCUT2D eigenvalue weighted by atomic mass is 10.0. The van der Waals surface area contributed by atoms with Gasteiger partial charge in [0.1, 0.15) is 6.04 Å². The fourth-order valence-corrected chi connectivity index (χ4v) is 2.32. The highest BCUT2D eigenvalue weighted by Gasteiger charge is 2.14. The van der Waals surface area contributed by atoms with Gasteiger partial charge in [0, 0.05) is 11.4 Å². The van der Waals surface area contributed by atoms with Crippen LogP contribution in [0.3, 0.4) is 0 Å². The van der Waals surface area contributed by atoms with Crippen LogP contribution in [0.15, 0.2) is 36.4 Å². The molecule has 2 aromatic rings. The van der Waals surface area contributed by atoms with Gasteiger partial charge in [0.05, 0.1) is 7.11 Å². The van der Waals surface area contributed by atoms with Gasteiger partial charge in [0.15, 0.2) is 0 Å². The molecule has 0 radical (unpaired) electrons. The van der Waals surface area contributed by atoms with Gasteiger partial charge in [-0.3, -0.25) is 9.78 Å². The van der Waals surface area contributed by atoms with Crippen LogP contribution < -0.4 is 5.73 Å². The number of methoxy groups -OCH3 is 1. The molecule has 2 rings (SSSR count). The first-order valence-electron chi connectivity index (χ1n) is 6.87. The Morgan fingerprint density at radius 3 is 2.09 bits per heavy atom. The van der Waals surface area contributed by atoms with Crippen LogP contribution in [0.1, 0.15) is 17.0 Å². The highest BCUT2D eigenvalue weighted by molar-refractivity contribution is 5.85. The number of halogens is 2. The van der Waals surface area contributed by atoms with Crippen molar-refractivity contribution in [2.24, 2.45) is 5.73 Å². The Balaban J connectivity index is 0.00000242. The normalized spacial score (nSPS) is 11.0. The Labute approximate surface area is 149 Å². The highest BCUT2D eigenvalue weighted by atomic mass is 35.5. The van der Waals surface area contributed by atoms with Gasteiger partial charge in [-0.15, -0.1) is 24.8 Å². The number of aromatic nitrogens is 1. The second kappa shape index (κ2) is 9.50. The third-order valence-electron chi connectivity index (χ3n) is 3.33. The SMILES string of the molecule is COC(=O)C(N)Cc1ccc(-c2cc(C)nc(C)c2)cc1.Cl.Cl. The van der Waals surface area contributed by atoms with Gasteiger partial charge in [-0.25, -0.2) is 0 Å². The average Bonchev–Trinajstić information content (AvgIpc) is 2.46. The molecule has 0 bridgehead atoms. The minimum atomic E-state index is -0.619. The number of ether oxygens (including phenoxy) is 1. The minimum absolute atomic E-state index is 0. The van der Waals surface area contributed by atoms with Crippen LogP contribution in [0, 0.1) is 13.8 Å². The fraction of sp³-hybridized carbons (Fsp3) is 0.294. The summed E-state index contributed by atoms with van der Waals surface area (Å²) in [5.74, 6) is -0.389. The van der Waals surface area contributed by atoms with E-state index in [2.05, 4.69) is 21.9 Å². The second-order valence-corrected chi connectivity index (χ2v) is 5.17. The number of nitrogens with zero attached hydrogens (tertiary/aromatic N) is 1. The van der Waals surface area contributed by atoms with E-state index in [1.165, 1.54) is 7.11 Å². The zero-order valence-corrected chi connectivity index (χ0v) is 15.0. The molecule has 4 nitrogen and oxygen atoms in total. The lowest BCUT2D eigenvalue weighted by Crippen LogP contribution is -2.33. The Hall–Kier alpha value is -1.62. The van der Waals surface area contributed by atoms with Crippen molar-refractivity contribution in [2.75, 3.05) is 7.11 Å². The summed E-state index contributed by atoms with van der Waals surface area (Å²) >= 11 is 0. The molecule has 2 N–H and O–H groups in total. The van der Waals surface area contributed by atoms with E-state index in [-0.39, 0.29) is 30.8 Å². The molecule has 0 spiro atoms. The topological polar surface area (TPSA) is 65.2 Å². The molecule has 1 aromatic carbocycles. The Bertz CT molecular complexity index is 625. The van der Waals surface area contributed by atoms with Crippen LogP contribution in [0.2, 0.25) is 0 Å². The summed E-state index contributed by atoms with van der Waals surface area (Å²) in [4.78, 5) is 15.7. The van der Waals surface area contributed by atoms with Gasteiger partial charge < -0.3 is 10.5 Å². The van der Waals surface area contributed by atoms with Crippen molar-refractivity contribution in [3.8, 4) is 11.1 Å². The third-order valence-corrected chi connectivity index (χ3v) is 3.33. The van der Waals surface area contributed by atoms with Crippen molar-refractivity contribution in [3.63, 3.8) is 0 Å². The molecule has 0 saturated heterocycles. The molecule has 0 aliphatic carbocycles. The molecule has 0 aliphatic rings. The molecule has 126 valence electrons. The van der Waals surface area contributed by atoms with Crippen molar-refractivity contribution >= 4 is 30.8 Å². The lowest BCUT2D eigenvalue weighted by molar-refractivity contribution is -0.142. The van der Waals surface area contributed by atoms with E-state index in [0.29, 0.717) is 6.42 Å². The molecule has 1 unspecified atom stereocenters. The van der Waals surface area contributed by atoms with Gasteiger partial charge >= 0.3 is 5.97 Å². The standard InChI is InChI=1S/C17H20N2O2.2ClH/c1-11-8-15(9-12(2)19-11)14-6-4-13(5-7-14)10-16(18)17(20)21-3;;/h4-9,16H,10,18H2,1-3H3;2*1H. The zero-order chi connectivity index (χ0) is 15.4. The minimum Gasteiger partial charge on any atom is -0.468 e. The van der Waals surface area contributed by atoms with E-state index in [4.69, 9.17) is 5.73 Å². The van der Waals surface area contributed by atoms with Crippen LogP contribution in [-0.4, -0.2) is 24.1 Å². The maximum atomic E-state index is 11.3. The fourth-order valence-electron chi connectivity index (χ4n) is 2.32. The van der Waals surface area contributed by atoms with Crippen molar-refractivity contribution in [1.82, 2.24) is 4.98 Å². The van der Waals surface area contributed by atoms with Gasteiger partial charge in [0.2, 0.25) is 0 Å². The molecule has 6 heteroatoms. The molecular formula is C17H22Cl2N2O2. The summed E-state index contributed by atoms with van der Waals surface area (Å²) in [5.41, 5.74) is 11.0. The summed E-state index contributed by atoms with van der Waals surface area (Å²) in [6, 6.07) is 11.5. The van der Waals surface area contributed by atoms with E-state index in [9.17, 15) is 4.79 Å². The van der Waals surface area contributed by atoms with E-state index >= 15 is 0 Å². The van der Waals surface area contributed by atoms with Gasteiger partial charge in [0.25, 0.3) is 0 Å². The zero-order valence-electron chi connectivity index (χ0n) is 13.4. The largest absolute Gasteiger partial charge is 0.468 e. The molecular weight excluding hydrogens is 335 g/mol. The monoisotopic (exact) mass is 356 g/mol. The quantitative estimate of drug-likeness (QED) is 0.853. The molecule has 1 heterocycles. The molecule has 0 fully saturated rings. The maximum absolute atomic E-state index is 11.3. The van der Waals surface area contributed by atoms with Crippen LogP contribution >= 0.6 is 24.8 Å². The summed E-state index contributed by atoms with van der Waals surface area (Å²) in [6.07, 6.45) is 0.474. The van der Waals surface area contributed by atoms with Gasteiger partial charge in [-0.2, -0.15) is 0 Å². The molecule has 1 atom stereocenters. The van der Waals surface area contributed by atoms with E-state index < -0.39 is 6.04 Å². The maximum Gasteiger partial charge on any atom is 0.322 e. The number of rotatable bonds is 4. The van der Waals surface area contributed by atoms with Crippen molar-refractivity contribution in [3.05, 3.63) is 53.3 Å². The predicted octanol–water partition coefficient (Wildman–Crippen LogP) is 3.25.